The van der Waals surface area contributed by atoms with Crippen molar-refractivity contribution in [2.45, 2.75) is 79.2 Å². The first kappa shape index (κ1) is 25.5. The minimum atomic E-state index is -0.0971. The van der Waals surface area contributed by atoms with Crippen molar-refractivity contribution in [2.24, 2.45) is 5.41 Å². The summed E-state index contributed by atoms with van der Waals surface area (Å²) in [6.45, 7) is 16.4. The molecule has 180 valence electrons. The lowest BCUT2D eigenvalue weighted by atomic mass is 9.85. The molecule has 2 aromatic rings. The van der Waals surface area contributed by atoms with E-state index in [2.05, 4.69) is 84.2 Å². The van der Waals surface area contributed by atoms with Gasteiger partial charge in [0.1, 0.15) is 0 Å². The fourth-order valence-electron chi connectivity index (χ4n) is 4.49. The van der Waals surface area contributed by atoms with Crippen LogP contribution in [0.4, 0.5) is 0 Å². The van der Waals surface area contributed by atoms with Gasteiger partial charge in [0.2, 0.25) is 11.8 Å². The van der Waals surface area contributed by atoms with Gasteiger partial charge in [-0.2, -0.15) is 0 Å². The first-order chi connectivity index (χ1) is 15.4. The van der Waals surface area contributed by atoms with Crippen LogP contribution in [0.2, 0.25) is 0 Å². The number of fused-ring (bicyclic) bond motifs is 1. The molecule has 1 aromatic heterocycles. The van der Waals surface area contributed by atoms with Crippen molar-refractivity contribution >= 4 is 23.2 Å². The number of amides is 2. The Morgan fingerprint density at radius 1 is 1.06 bits per heavy atom. The third-order valence-electron chi connectivity index (χ3n) is 6.23. The van der Waals surface area contributed by atoms with E-state index in [1.807, 2.05) is 4.90 Å². The van der Waals surface area contributed by atoms with Gasteiger partial charge in [0.05, 0.1) is 12.6 Å². The van der Waals surface area contributed by atoms with Crippen LogP contribution in [-0.4, -0.2) is 41.2 Å². The summed E-state index contributed by atoms with van der Waals surface area (Å²) in [5, 5.41) is 2.13. The topological polar surface area (TPSA) is 40.6 Å². The molecule has 1 aliphatic heterocycles. The van der Waals surface area contributed by atoms with Gasteiger partial charge in [0.25, 0.3) is 0 Å². The van der Waals surface area contributed by atoms with Crippen LogP contribution < -0.4 is 0 Å². The minimum absolute atomic E-state index is 0.0347. The largest absolute Gasteiger partial charge is 0.333 e. The highest BCUT2D eigenvalue weighted by Crippen LogP contribution is 2.38. The number of carbonyl (C=O) groups is 2. The van der Waals surface area contributed by atoms with Gasteiger partial charge >= 0.3 is 0 Å². The Labute approximate surface area is 204 Å². The van der Waals surface area contributed by atoms with Crippen LogP contribution in [0.25, 0.3) is 0 Å². The molecule has 1 unspecified atom stereocenters. The Morgan fingerprint density at radius 2 is 1.73 bits per heavy atom. The van der Waals surface area contributed by atoms with Crippen LogP contribution in [0.15, 0.2) is 35.7 Å². The third-order valence-corrected chi connectivity index (χ3v) is 7.23. The van der Waals surface area contributed by atoms with E-state index in [9.17, 15) is 9.59 Å². The molecule has 0 radical (unpaired) electrons. The molecular weight excluding hydrogens is 428 g/mol. The van der Waals surface area contributed by atoms with Gasteiger partial charge in [-0.3, -0.25) is 9.59 Å². The number of benzene rings is 1. The van der Waals surface area contributed by atoms with Crippen LogP contribution in [0.3, 0.4) is 0 Å². The quantitative estimate of drug-likeness (QED) is 0.507. The Balaban J connectivity index is 1.88. The highest BCUT2D eigenvalue weighted by atomic mass is 32.1. The zero-order valence-corrected chi connectivity index (χ0v) is 22.2. The predicted molar refractivity (Wildman–Crippen MR) is 138 cm³/mol. The van der Waals surface area contributed by atoms with Crippen molar-refractivity contribution in [3.63, 3.8) is 0 Å². The molecule has 0 saturated heterocycles. The molecule has 4 nitrogen and oxygen atoms in total. The zero-order chi connectivity index (χ0) is 24.4. The lowest BCUT2D eigenvalue weighted by molar-refractivity contribution is -0.142. The fraction of sp³-hybridized carbons (Fsp3) is 0.571. The molecule has 0 fully saturated rings. The van der Waals surface area contributed by atoms with Crippen molar-refractivity contribution in [3.05, 3.63) is 57.3 Å². The van der Waals surface area contributed by atoms with Crippen molar-refractivity contribution in [3.8, 4) is 0 Å². The maximum atomic E-state index is 13.6. The fourth-order valence-corrected chi connectivity index (χ4v) is 5.40. The van der Waals surface area contributed by atoms with Gasteiger partial charge in [-0.1, -0.05) is 72.7 Å². The molecule has 0 aliphatic carbocycles. The Bertz CT molecular complexity index is 963. The lowest BCUT2D eigenvalue weighted by Crippen LogP contribution is -2.47. The van der Waals surface area contributed by atoms with Crippen molar-refractivity contribution in [1.82, 2.24) is 9.80 Å². The molecule has 5 heteroatoms. The van der Waals surface area contributed by atoms with E-state index in [0.717, 1.165) is 18.4 Å². The van der Waals surface area contributed by atoms with Crippen LogP contribution in [-0.2, 0) is 21.4 Å². The van der Waals surface area contributed by atoms with E-state index in [0.29, 0.717) is 19.5 Å². The first-order valence-electron chi connectivity index (χ1n) is 12.1. The summed E-state index contributed by atoms with van der Waals surface area (Å²) in [5.41, 5.74) is 3.64. The zero-order valence-electron chi connectivity index (χ0n) is 21.4. The number of hydrogen-bond acceptors (Lipinski definition) is 3. The summed E-state index contributed by atoms with van der Waals surface area (Å²) in [4.78, 5) is 31.7. The maximum absolute atomic E-state index is 13.6. The first-order valence-corrected chi connectivity index (χ1v) is 13.0. The number of carbonyl (C=O) groups excluding carboxylic acids is 2. The van der Waals surface area contributed by atoms with E-state index in [1.54, 1.807) is 16.2 Å². The van der Waals surface area contributed by atoms with Crippen LogP contribution in [0, 0.1) is 5.41 Å². The number of thiophene rings is 1. The normalized spacial score (nSPS) is 16.5. The summed E-state index contributed by atoms with van der Waals surface area (Å²) in [7, 11) is 0. The van der Waals surface area contributed by atoms with Crippen molar-refractivity contribution in [2.75, 3.05) is 19.6 Å². The molecule has 33 heavy (non-hydrogen) atoms. The molecule has 0 spiro atoms. The van der Waals surface area contributed by atoms with Gasteiger partial charge in [0.15, 0.2) is 0 Å². The van der Waals surface area contributed by atoms with Crippen molar-refractivity contribution < 1.29 is 9.59 Å². The molecule has 3 rings (SSSR count). The molecular formula is C28H40N2O2S. The lowest BCUT2D eigenvalue weighted by Gasteiger charge is -2.38. The van der Waals surface area contributed by atoms with E-state index in [1.165, 1.54) is 16.0 Å². The molecule has 0 N–H and O–H groups in total. The van der Waals surface area contributed by atoms with Crippen LogP contribution in [0.5, 0.6) is 0 Å². The summed E-state index contributed by atoms with van der Waals surface area (Å²) < 4.78 is 0. The summed E-state index contributed by atoms with van der Waals surface area (Å²) in [6.07, 6.45) is 2.17. The summed E-state index contributed by atoms with van der Waals surface area (Å²) in [5.74, 6) is 0.101. The van der Waals surface area contributed by atoms with Gasteiger partial charge in [-0.05, 0) is 51.8 Å². The second kappa shape index (κ2) is 10.0. The Morgan fingerprint density at radius 3 is 2.30 bits per heavy atom. The second-order valence-electron chi connectivity index (χ2n) is 11.5. The molecule has 2 heterocycles. The van der Waals surface area contributed by atoms with E-state index in [-0.39, 0.29) is 35.2 Å². The smallest absolute Gasteiger partial charge is 0.242 e. The number of hydrogen-bond donors (Lipinski definition) is 0. The van der Waals surface area contributed by atoms with Gasteiger partial charge < -0.3 is 9.80 Å². The summed E-state index contributed by atoms with van der Waals surface area (Å²) in [6, 6.07) is 10.8. The van der Waals surface area contributed by atoms with Crippen LogP contribution in [0.1, 0.15) is 88.9 Å². The molecule has 1 aliphatic rings. The molecule has 0 bridgehead atoms. The summed E-state index contributed by atoms with van der Waals surface area (Å²) >= 11 is 1.78. The molecule has 1 atom stereocenters. The third kappa shape index (κ3) is 6.26. The van der Waals surface area contributed by atoms with E-state index < -0.39 is 0 Å². The minimum Gasteiger partial charge on any atom is -0.333 e. The average Bonchev–Trinajstić information content (AvgIpc) is 3.19. The number of nitrogens with zero attached hydrogens (tertiary/aromatic N) is 2. The SMILES string of the molecule is CCCN(CC(=O)N1CCc2sccc2C1c1ccc(C(C)(C)C)cc1)C(=O)CC(C)(C)C. The van der Waals surface area contributed by atoms with E-state index >= 15 is 0 Å². The van der Waals surface area contributed by atoms with Gasteiger partial charge in [-0.25, -0.2) is 0 Å². The molecule has 2 amide bonds. The standard InChI is InChI=1S/C28H40N2O2S/c1-8-15-29(24(31)18-27(2,3)4)19-25(32)30-16-13-23-22(14-17-33-23)26(30)20-9-11-21(12-10-20)28(5,6)7/h9-12,14,17,26H,8,13,15-16,18-19H2,1-7H3. The molecule has 0 saturated carbocycles. The predicted octanol–water partition coefficient (Wildman–Crippen LogP) is 6.19. The van der Waals surface area contributed by atoms with E-state index in [4.69, 9.17) is 0 Å². The van der Waals surface area contributed by atoms with Crippen LogP contribution >= 0.6 is 11.3 Å². The van der Waals surface area contributed by atoms with Gasteiger partial charge in [-0.15, -0.1) is 11.3 Å². The Hall–Kier alpha value is -2.14. The van der Waals surface area contributed by atoms with Crippen molar-refractivity contribution in [1.29, 1.82) is 0 Å². The second-order valence-corrected chi connectivity index (χ2v) is 12.5. The highest BCUT2D eigenvalue weighted by Gasteiger charge is 2.34. The maximum Gasteiger partial charge on any atom is 0.242 e. The number of rotatable bonds is 6. The highest BCUT2D eigenvalue weighted by molar-refractivity contribution is 7.10. The monoisotopic (exact) mass is 468 g/mol. The molecule has 1 aromatic carbocycles. The average molecular weight is 469 g/mol. The van der Waals surface area contributed by atoms with Gasteiger partial charge in [0, 0.05) is 24.4 Å². The Kier molecular flexibility index (Phi) is 7.73.